The quantitative estimate of drug-likeness (QED) is 0.630. The lowest BCUT2D eigenvalue weighted by molar-refractivity contribution is -0.141. The Hall–Kier alpha value is -1.11. The van der Waals surface area contributed by atoms with Crippen molar-refractivity contribution in [2.75, 3.05) is 18.6 Å². The number of hydrogen-bond donors (Lipinski definition) is 1. The fourth-order valence-electron chi connectivity index (χ4n) is 1.72. The highest BCUT2D eigenvalue weighted by atomic mass is 32.2. The van der Waals surface area contributed by atoms with Crippen molar-refractivity contribution in [2.45, 2.75) is 25.7 Å². The summed E-state index contributed by atoms with van der Waals surface area (Å²) in [5, 5.41) is 0. The van der Waals surface area contributed by atoms with E-state index in [1.807, 2.05) is 0 Å². The fourth-order valence-corrected chi connectivity index (χ4v) is 3.70. The van der Waals surface area contributed by atoms with Crippen LogP contribution in [0.15, 0.2) is 0 Å². The Bertz CT molecular complexity index is 410. The molecule has 98 valence electrons. The minimum Gasteiger partial charge on any atom is -0.469 e. The van der Waals surface area contributed by atoms with Gasteiger partial charge >= 0.3 is 5.97 Å². The van der Waals surface area contributed by atoms with Crippen LogP contribution < -0.4 is 5.73 Å². The van der Waals surface area contributed by atoms with Crippen molar-refractivity contribution in [2.24, 2.45) is 11.1 Å². The number of carbonyl (C=O) groups is 2. The summed E-state index contributed by atoms with van der Waals surface area (Å²) in [5.74, 6) is -1.34. The Morgan fingerprint density at radius 3 is 2.35 bits per heavy atom. The predicted octanol–water partition coefficient (Wildman–Crippen LogP) is -0.380. The van der Waals surface area contributed by atoms with E-state index in [4.69, 9.17) is 5.73 Å². The largest absolute Gasteiger partial charge is 0.469 e. The van der Waals surface area contributed by atoms with Crippen molar-refractivity contribution in [1.82, 2.24) is 0 Å². The third-order valence-corrected chi connectivity index (χ3v) is 4.77. The monoisotopic (exact) mass is 263 g/mol. The number of carbonyl (C=O) groups excluding carboxylic acids is 2. The number of ether oxygens (including phenoxy) is 1. The van der Waals surface area contributed by atoms with Crippen LogP contribution in [0.25, 0.3) is 0 Å². The molecule has 0 heterocycles. The van der Waals surface area contributed by atoms with Gasteiger partial charge in [-0.05, 0) is 18.3 Å². The second-order valence-corrected chi connectivity index (χ2v) is 6.75. The third-order valence-electron chi connectivity index (χ3n) is 2.89. The second kappa shape index (κ2) is 5.03. The Morgan fingerprint density at radius 1 is 1.35 bits per heavy atom. The van der Waals surface area contributed by atoms with Crippen LogP contribution in [0, 0.1) is 5.41 Å². The Balaban J connectivity index is 2.52. The molecule has 0 aromatic heterocycles. The van der Waals surface area contributed by atoms with Crippen LogP contribution in [0.3, 0.4) is 0 Å². The van der Waals surface area contributed by atoms with Gasteiger partial charge in [0.2, 0.25) is 5.91 Å². The van der Waals surface area contributed by atoms with Crippen LogP contribution in [0.1, 0.15) is 25.7 Å². The zero-order valence-electron chi connectivity index (χ0n) is 9.77. The standard InChI is InChI=1S/C10H17NO5S/c1-16-9(13)6-10(3-4-10)7-17(14,15)5-2-8(11)12/h2-7H2,1H3,(H2,11,12). The molecule has 0 saturated heterocycles. The van der Waals surface area contributed by atoms with Crippen molar-refractivity contribution < 1.29 is 22.7 Å². The van der Waals surface area contributed by atoms with Gasteiger partial charge in [0.1, 0.15) is 0 Å². The molecule has 1 aliphatic rings. The number of nitrogens with two attached hydrogens (primary N) is 1. The molecule has 1 saturated carbocycles. The van der Waals surface area contributed by atoms with Gasteiger partial charge in [-0.2, -0.15) is 0 Å². The lowest BCUT2D eigenvalue weighted by Gasteiger charge is -2.13. The van der Waals surface area contributed by atoms with Crippen LogP contribution in [-0.4, -0.2) is 38.9 Å². The molecule has 0 radical (unpaired) electrons. The molecule has 1 rings (SSSR count). The first kappa shape index (κ1) is 14.0. The first-order valence-electron chi connectivity index (χ1n) is 5.34. The number of rotatable bonds is 7. The number of hydrogen-bond acceptors (Lipinski definition) is 5. The van der Waals surface area contributed by atoms with Crippen LogP contribution >= 0.6 is 0 Å². The fraction of sp³-hybridized carbons (Fsp3) is 0.800. The summed E-state index contributed by atoms with van der Waals surface area (Å²) in [5.41, 5.74) is 4.44. The maximum atomic E-state index is 11.7. The van der Waals surface area contributed by atoms with Crippen molar-refractivity contribution in [3.05, 3.63) is 0 Å². The number of amides is 1. The van der Waals surface area contributed by atoms with Crippen LogP contribution in [0.5, 0.6) is 0 Å². The van der Waals surface area contributed by atoms with Gasteiger partial charge in [0.15, 0.2) is 9.84 Å². The number of sulfone groups is 1. The normalized spacial score (nSPS) is 17.5. The molecule has 0 aliphatic heterocycles. The Kier molecular flexibility index (Phi) is 4.13. The van der Waals surface area contributed by atoms with Gasteiger partial charge in [-0.1, -0.05) is 0 Å². The van der Waals surface area contributed by atoms with Crippen molar-refractivity contribution >= 4 is 21.7 Å². The molecule has 1 aliphatic carbocycles. The molecular weight excluding hydrogens is 246 g/mol. The van der Waals surface area contributed by atoms with E-state index >= 15 is 0 Å². The molecule has 2 N–H and O–H groups in total. The Labute approximate surface area is 100 Å². The highest BCUT2D eigenvalue weighted by Gasteiger charge is 2.47. The van der Waals surface area contributed by atoms with Crippen LogP contribution in [0.2, 0.25) is 0 Å². The maximum Gasteiger partial charge on any atom is 0.306 e. The van der Waals surface area contributed by atoms with Gasteiger partial charge in [-0.25, -0.2) is 8.42 Å². The molecule has 0 spiro atoms. The van der Waals surface area contributed by atoms with Crippen LogP contribution in [0.4, 0.5) is 0 Å². The van der Waals surface area contributed by atoms with E-state index in [0.29, 0.717) is 12.8 Å². The molecule has 17 heavy (non-hydrogen) atoms. The highest BCUT2D eigenvalue weighted by molar-refractivity contribution is 7.91. The van der Waals surface area contributed by atoms with Gasteiger partial charge in [0.05, 0.1) is 25.0 Å². The minimum absolute atomic E-state index is 0.0671. The summed E-state index contributed by atoms with van der Waals surface area (Å²) < 4.78 is 27.9. The van der Waals surface area contributed by atoms with Crippen molar-refractivity contribution in [3.63, 3.8) is 0 Å². The Morgan fingerprint density at radius 2 is 1.94 bits per heavy atom. The summed E-state index contributed by atoms with van der Waals surface area (Å²) in [4.78, 5) is 21.7. The molecule has 0 aromatic rings. The molecule has 0 bridgehead atoms. The molecule has 1 amide bonds. The van der Waals surface area contributed by atoms with Crippen molar-refractivity contribution in [3.8, 4) is 0 Å². The molecule has 0 atom stereocenters. The molecule has 6 nitrogen and oxygen atoms in total. The number of esters is 1. The van der Waals surface area contributed by atoms with E-state index in [9.17, 15) is 18.0 Å². The highest BCUT2D eigenvalue weighted by Crippen LogP contribution is 2.50. The van der Waals surface area contributed by atoms with E-state index in [2.05, 4.69) is 4.74 Å². The molecule has 0 unspecified atom stereocenters. The molecule has 7 heteroatoms. The average Bonchev–Trinajstić information content (AvgIpc) is 2.94. The van der Waals surface area contributed by atoms with E-state index in [0.717, 1.165) is 0 Å². The summed E-state index contributed by atoms with van der Waals surface area (Å²) in [6.07, 6.45) is 1.37. The molecule has 0 aromatic carbocycles. The zero-order valence-corrected chi connectivity index (χ0v) is 10.6. The minimum atomic E-state index is -3.33. The smallest absolute Gasteiger partial charge is 0.306 e. The van der Waals surface area contributed by atoms with E-state index in [1.165, 1.54) is 7.11 Å². The predicted molar refractivity (Wildman–Crippen MR) is 60.8 cm³/mol. The molecule has 1 fully saturated rings. The van der Waals surface area contributed by atoms with Crippen LogP contribution in [-0.2, 0) is 24.2 Å². The van der Waals surface area contributed by atoms with Gasteiger partial charge in [0.25, 0.3) is 0 Å². The van der Waals surface area contributed by atoms with Gasteiger partial charge in [-0.3, -0.25) is 9.59 Å². The first-order valence-corrected chi connectivity index (χ1v) is 7.16. The summed E-state index contributed by atoms with van der Waals surface area (Å²) in [6.45, 7) is 0. The second-order valence-electron chi connectivity index (χ2n) is 4.56. The van der Waals surface area contributed by atoms with Gasteiger partial charge < -0.3 is 10.5 Å². The summed E-state index contributed by atoms with van der Waals surface area (Å²) >= 11 is 0. The number of primary amides is 1. The number of methoxy groups -OCH3 is 1. The lowest BCUT2D eigenvalue weighted by atomic mass is 10.1. The summed E-state index contributed by atoms with van der Waals surface area (Å²) in [7, 11) is -2.06. The average molecular weight is 263 g/mol. The van der Waals surface area contributed by atoms with Gasteiger partial charge in [0, 0.05) is 6.42 Å². The molecular formula is C10H17NO5S. The SMILES string of the molecule is COC(=O)CC1(CS(=O)(=O)CCC(N)=O)CC1. The van der Waals surface area contributed by atoms with E-state index < -0.39 is 27.1 Å². The lowest BCUT2D eigenvalue weighted by Crippen LogP contribution is -2.25. The first-order chi connectivity index (χ1) is 7.79. The topological polar surface area (TPSA) is 104 Å². The van der Waals surface area contributed by atoms with Crippen molar-refractivity contribution in [1.29, 1.82) is 0 Å². The zero-order chi connectivity index (χ0) is 13.1. The van der Waals surface area contributed by atoms with Gasteiger partial charge in [-0.15, -0.1) is 0 Å². The summed E-state index contributed by atoms with van der Waals surface area (Å²) in [6, 6.07) is 0. The maximum absolute atomic E-state index is 11.7. The third kappa shape index (κ3) is 4.72. The van der Waals surface area contributed by atoms with E-state index in [-0.39, 0.29) is 24.3 Å². The van der Waals surface area contributed by atoms with E-state index in [1.54, 1.807) is 0 Å².